The molecule has 21 heavy (non-hydrogen) atoms. The van der Waals surface area contributed by atoms with Gasteiger partial charge in [-0.05, 0) is 19.4 Å². The van der Waals surface area contributed by atoms with Crippen molar-refractivity contribution in [3.63, 3.8) is 0 Å². The smallest absolute Gasteiger partial charge is 0.173 e. The molecule has 0 spiro atoms. The Morgan fingerprint density at radius 2 is 1.57 bits per heavy atom. The van der Waals surface area contributed by atoms with Gasteiger partial charge >= 0.3 is 0 Å². The third-order valence-corrected chi connectivity index (χ3v) is 2.78. The van der Waals surface area contributed by atoms with Gasteiger partial charge in [0.15, 0.2) is 24.8 Å². The van der Waals surface area contributed by atoms with Crippen molar-refractivity contribution in [3.8, 4) is 12.4 Å². The maximum atomic E-state index is 7.10. The standard InChI is InChI=1S/C14H24N.2CH2N2/c1-3-4-5-6-7-8-11-15-12-9-10-14(2)13-15;2*2-1-3/h9-10,12-13H,3-8,11H2,1-2H3;2*2H2/q+1;;. The number of aromatic nitrogens is 1. The van der Waals surface area contributed by atoms with Crippen molar-refractivity contribution in [2.75, 3.05) is 0 Å². The van der Waals surface area contributed by atoms with Crippen molar-refractivity contribution in [2.45, 2.75) is 58.9 Å². The Balaban J connectivity index is 0. The van der Waals surface area contributed by atoms with Crippen molar-refractivity contribution >= 4 is 0 Å². The summed E-state index contributed by atoms with van der Waals surface area (Å²) in [4.78, 5) is 0. The lowest BCUT2D eigenvalue weighted by Gasteiger charge is -1.99. The molecule has 0 amide bonds. The summed E-state index contributed by atoms with van der Waals surface area (Å²) >= 11 is 0. The lowest BCUT2D eigenvalue weighted by molar-refractivity contribution is -0.697. The summed E-state index contributed by atoms with van der Waals surface area (Å²) in [6, 6.07) is 4.28. The van der Waals surface area contributed by atoms with Crippen LogP contribution in [0.4, 0.5) is 0 Å². The Kier molecular flexibility index (Phi) is 17.8. The molecular formula is C16H28N5+. The molecule has 0 saturated carbocycles. The van der Waals surface area contributed by atoms with Gasteiger partial charge in [-0.15, -0.1) is 0 Å². The van der Waals surface area contributed by atoms with E-state index in [-0.39, 0.29) is 0 Å². The fourth-order valence-corrected chi connectivity index (χ4v) is 1.87. The molecule has 0 saturated heterocycles. The van der Waals surface area contributed by atoms with E-state index in [1.165, 1.54) is 63.0 Å². The van der Waals surface area contributed by atoms with Crippen LogP contribution in [-0.4, -0.2) is 0 Å². The Labute approximate surface area is 128 Å². The number of hydrogen-bond donors (Lipinski definition) is 2. The van der Waals surface area contributed by atoms with Crippen molar-refractivity contribution in [1.82, 2.24) is 0 Å². The van der Waals surface area contributed by atoms with Crippen molar-refractivity contribution in [1.29, 1.82) is 10.5 Å². The van der Waals surface area contributed by atoms with E-state index in [0.29, 0.717) is 0 Å². The van der Waals surface area contributed by atoms with Crippen LogP contribution in [0.5, 0.6) is 0 Å². The fourth-order valence-electron chi connectivity index (χ4n) is 1.87. The predicted octanol–water partition coefficient (Wildman–Crippen LogP) is 2.50. The van der Waals surface area contributed by atoms with Crippen molar-refractivity contribution in [3.05, 3.63) is 30.1 Å². The molecule has 116 valence electrons. The van der Waals surface area contributed by atoms with Gasteiger partial charge in [-0.2, -0.15) is 10.5 Å². The van der Waals surface area contributed by atoms with E-state index in [1.54, 1.807) is 0 Å². The summed E-state index contributed by atoms with van der Waals surface area (Å²) in [5.41, 5.74) is 9.66. The number of rotatable bonds is 7. The Morgan fingerprint density at radius 1 is 1.05 bits per heavy atom. The summed E-state index contributed by atoms with van der Waals surface area (Å²) in [6.45, 7) is 5.59. The molecule has 0 unspecified atom stereocenters. The van der Waals surface area contributed by atoms with Crippen LogP contribution in [0.25, 0.3) is 0 Å². The first-order valence-corrected chi connectivity index (χ1v) is 7.31. The number of pyridine rings is 1. The largest absolute Gasteiger partial charge is 0.337 e. The van der Waals surface area contributed by atoms with Crippen LogP contribution >= 0.6 is 0 Å². The van der Waals surface area contributed by atoms with Gasteiger partial charge in [-0.3, -0.25) is 0 Å². The van der Waals surface area contributed by atoms with Crippen LogP contribution in [0.1, 0.15) is 51.0 Å². The molecule has 5 nitrogen and oxygen atoms in total. The zero-order valence-corrected chi connectivity index (χ0v) is 13.3. The molecule has 1 rings (SSSR count). The number of aryl methyl sites for hydroxylation is 2. The number of unbranched alkanes of at least 4 members (excludes halogenated alkanes) is 5. The topological polar surface area (TPSA) is 103 Å². The molecule has 0 aromatic carbocycles. The van der Waals surface area contributed by atoms with Crippen LogP contribution in [0, 0.1) is 29.8 Å². The normalized spacial score (nSPS) is 8.19. The summed E-state index contributed by atoms with van der Waals surface area (Å²) in [5.74, 6) is 0. The number of nitrogens with two attached hydrogens (primary N) is 2. The minimum absolute atomic E-state index is 1.17. The molecule has 0 aliphatic rings. The van der Waals surface area contributed by atoms with E-state index in [2.05, 4.69) is 54.4 Å². The quantitative estimate of drug-likeness (QED) is 0.348. The van der Waals surface area contributed by atoms with Gasteiger partial charge in [-0.25, -0.2) is 4.57 Å². The second-order valence-electron chi connectivity index (χ2n) is 4.65. The third kappa shape index (κ3) is 17.7. The second kappa shape index (κ2) is 17.7. The van der Waals surface area contributed by atoms with E-state index in [9.17, 15) is 0 Å². The molecule has 4 N–H and O–H groups in total. The molecule has 1 heterocycles. The SMILES string of the molecule is CCCCCCCC[n+]1cccc(C)c1.N#CN.N#CN. The van der Waals surface area contributed by atoms with Crippen LogP contribution < -0.4 is 16.0 Å². The molecule has 5 heteroatoms. The van der Waals surface area contributed by atoms with E-state index in [4.69, 9.17) is 10.5 Å². The molecule has 0 aliphatic heterocycles. The summed E-state index contributed by atoms with van der Waals surface area (Å²) in [5, 5.41) is 14.2. The average Bonchev–Trinajstić information content (AvgIpc) is 2.44. The second-order valence-corrected chi connectivity index (χ2v) is 4.65. The highest BCUT2D eigenvalue weighted by atomic mass is 14.9. The molecule has 0 aliphatic carbocycles. The predicted molar refractivity (Wildman–Crippen MR) is 84.4 cm³/mol. The zero-order valence-electron chi connectivity index (χ0n) is 13.3. The number of nitriles is 2. The van der Waals surface area contributed by atoms with E-state index in [1.807, 2.05) is 0 Å². The van der Waals surface area contributed by atoms with Crippen molar-refractivity contribution in [2.24, 2.45) is 11.5 Å². The fraction of sp³-hybridized carbons (Fsp3) is 0.562. The highest BCUT2D eigenvalue weighted by Gasteiger charge is 1.99. The molecule has 1 aromatic heterocycles. The van der Waals surface area contributed by atoms with Gasteiger partial charge < -0.3 is 11.5 Å². The van der Waals surface area contributed by atoms with Crippen LogP contribution in [0.3, 0.4) is 0 Å². The summed E-state index contributed by atoms with van der Waals surface area (Å²) in [7, 11) is 0. The van der Waals surface area contributed by atoms with E-state index in [0.717, 1.165) is 0 Å². The highest BCUT2D eigenvalue weighted by Crippen LogP contribution is 2.04. The van der Waals surface area contributed by atoms with Gasteiger partial charge in [0.25, 0.3) is 0 Å². The van der Waals surface area contributed by atoms with Gasteiger partial charge in [0, 0.05) is 18.1 Å². The first-order valence-electron chi connectivity index (χ1n) is 7.31. The third-order valence-electron chi connectivity index (χ3n) is 2.78. The summed E-state index contributed by atoms with van der Waals surface area (Å²) < 4.78 is 2.30. The Hall–Kier alpha value is -2.27. The molecule has 0 fully saturated rings. The van der Waals surface area contributed by atoms with Gasteiger partial charge in [0.05, 0.1) is 0 Å². The molecule has 0 bridgehead atoms. The van der Waals surface area contributed by atoms with Gasteiger partial charge in [0.2, 0.25) is 0 Å². The maximum absolute atomic E-state index is 7.10. The first-order chi connectivity index (χ1) is 10.2. The summed E-state index contributed by atoms with van der Waals surface area (Å²) in [6.07, 6.45) is 15.1. The lowest BCUT2D eigenvalue weighted by atomic mass is 10.1. The number of nitrogens with zero attached hydrogens (tertiary/aromatic N) is 3. The minimum Gasteiger partial charge on any atom is -0.337 e. The van der Waals surface area contributed by atoms with Gasteiger partial charge in [0.1, 0.15) is 6.54 Å². The van der Waals surface area contributed by atoms with Crippen LogP contribution in [0.15, 0.2) is 24.5 Å². The number of hydrogen-bond acceptors (Lipinski definition) is 4. The van der Waals surface area contributed by atoms with Crippen LogP contribution in [0.2, 0.25) is 0 Å². The van der Waals surface area contributed by atoms with E-state index >= 15 is 0 Å². The molecule has 0 radical (unpaired) electrons. The Bertz CT molecular complexity index is 405. The molecule has 0 atom stereocenters. The first kappa shape index (κ1) is 21.0. The molecular weight excluding hydrogens is 262 g/mol. The lowest BCUT2D eigenvalue weighted by Crippen LogP contribution is -2.32. The van der Waals surface area contributed by atoms with Crippen molar-refractivity contribution < 1.29 is 4.57 Å². The van der Waals surface area contributed by atoms with Gasteiger partial charge in [-0.1, -0.05) is 32.6 Å². The monoisotopic (exact) mass is 290 g/mol. The highest BCUT2D eigenvalue weighted by molar-refractivity contribution is 5.01. The zero-order chi connectivity index (χ0) is 16.3. The van der Waals surface area contributed by atoms with Crippen LogP contribution in [-0.2, 0) is 6.54 Å². The minimum atomic E-state index is 1.17. The molecule has 1 aromatic rings. The average molecular weight is 290 g/mol. The van der Waals surface area contributed by atoms with E-state index < -0.39 is 0 Å². The Morgan fingerprint density at radius 3 is 2.10 bits per heavy atom. The maximum Gasteiger partial charge on any atom is 0.173 e.